The molecule has 5 fully saturated rings. The molecule has 16 heteroatoms. The maximum Gasteiger partial charge on any atom is 0.408 e. The Hall–Kier alpha value is -4.44. The fourth-order valence-corrected chi connectivity index (χ4v) is 11.0. The summed E-state index contributed by atoms with van der Waals surface area (Å²) < 4.78 is 47.3. The van der Waals surface area contributed by atoms with Gasteiger partial charge in [-0.2, -0.15) is 0 Å². The summed E-state index contributed by atoms with van der Waals surface area (Å²) in [5.74, 6) is -0.774. The highest BCUT2D eigenvalue weighted by atomic mass is 32.2. The van der Waals surface area contributed by atoms with E-state index in [-0.39, 0.29) is 31.4 Å². The highest BCUT2D eigenvalue weighted by Crippen LogP contribution is 2.45. The van der Waals surface area contributed by atoms with Crippen LogP contribution in [0.1, 0.15) is 104 Å². The lowest BCUT2D eigenvalue weighted by atomic mass is 9.66. The molecule has 2 saturated heterocycles. The number of likely N-dealkylation sites (tertiary alicyclic amines) is 1. The van der Waals surface area contributed by atoms with Crippen LogP contribution in [0.4, 0.5) is 4.79 Å². The van der Waals surface area contributed by atoms with Gasteiger partial charge in [0.1, 0.15) is 35.6 Å². The second-order valence-electron chi connectivity index (χ2n) is 20.2. The van der Waals surface area contributed by atoms with Crippen LogP contribution < -0.4 is 24.8 Å². The summed E-state index contributed by atoms with van der Waals surface area (Å²) in [7, 11) is -1.90. The van der Waals surface area contributed by atoms with Crippen molar-refractivity contribution in [3.8, 4) is 11.6 Å². The topological polar surface area (TPSA) is 186 Å². The zero-order valence-corrected chi connectivity index (χ0v) is 37.7. The number of benzene rings is 1. The monoisotopic (exact) mass is 876 g/mol. The molecule has 4 heterocycles. The zero-order chi connectivity index (χ0) is 44.2. The molecule has 3 saturated carbocycles. The van der Waals surface area contributed by atoms with Gasteiger partial charge in [0, 0.05) is 30.2 Å². The van der Waals surface area contributed by atoms with Gasteiger partial charge in [0.05, 0.1) is 29.0 Å². The van der Waals surface area contributed by atoms with Crippen LogP contribution in [0.15, 0.2) is 36.9 Å². The maximum absolute atomic E-state index is 14.9. The highest BCUT2D eigenvalue weighted by molar-refractivity contribution is 7.91. The number of amides is 4. The van der Waals surface area contributed by atoms with Crippen molar-refractivity contribution in [3.05, 3.63) is 42.5 Å². The fraction of sp³-hybridized carbons (Fsp3) is 0.674. The van der Waals surface area contributed by atoms with E-state index in [0.717, 1.165) is 68.3 Å². The fourth-order valence-electron chi connectivity index (χ4n) is 9.73. The third-order valence-corrected chi connectivity index (χ3v) is 16.5. The minimum Gasteiger partial charge on any atom is -0.492 e. The van der Waals surface area contributed by atoms with Gasteiger partial charge in [-0.1, -0.05) is 51.8 Å². The molecule has 4 amide bonds. The molecule has 0 radical (unpaired) electrons. The first kappa shape index (κ1) is 44.2. The molecule has 338 valence electrons. The van der Waals surface area contributed by atoms with Gasteiger partial charge >= 0.3 is 6.09 Å². The molecule has 1 aromatic heterocycles. The molecule has 8 atom stereocenters. The Morgan fingerprint density at radius 1 is 1.05 bits per heavy atom. The molecule has 8 unspecified atom stereocenters. The second-order valence-corrected chi connectivity index (χ2v) is 22.4. The molecule has 6 aliphatic rings. The van der Waals surface area contributed by atoms with E-state index in [4.69, 9.17) is 19.2 Å². The van der Waals surface area contributed by atoms with Crippen LogP contribution in [-0.2, 0) is 35.6 Å². The largest absolute Gasteiger partial charge is 0.492 e. The van der Waals surface area contributed by atoms with Crippen molar-refractivity contribution in [2.75, 3.05) is 33.3 Å². The Morgan fingerprint density at radius 3 is 2.50 bits per heavy atom. The van der Waals surface area contributed by atoms with E-state index >= 15 is 0 Å². The number of carbonyl (C=O) groups is 4. The van der Waals surface area contributed by atoms with Gasteiger partial charge in [0.15, 0.2) is 0 Å². The average Bonchev–Trinajstić information content (AvgIpc) is 4.04. The summed E-state index contributed by atoms with van der Waals surface area (Å²) in [6, 6.07) is 5.60. The minimum atomic E-state index is -4.03. The van der Waals surface area contributed by atoms with E-state index in [2.05, 4.69) is 33.9 Å². The van der Waals surface area contributed by atoms with Crippen LogP contribution in [0.3, 0.4) is 0 Å². The Morgan fingerprint density at radius 2 is 1.82 bits per heavy atom. The van der Waals surface area contributed by atoms with Gasteiger partial charge < -0.3 is 34.6 Å². The number of sulfonamides is 1. The van der Waals surface area contributed by atoms with E-state index in [1.54, 1.807) is 13.0 Å². The number of hydrogen-bond donors (Lipinski definition) is 3. The number of alkyl carbamates (subject to hydrolysis) is 1. The summed E-state index contributed by atoms with van der Waals surface area (Å²) in [4.78, 5) is 65.9. The third-order valence-electron chi connectivity index (χ3n) is 14.3. The molecule has 2 bridgehead atoms. The lowest BCUT2D eigenvalue weighted by Gasteiger charge is -2.47. The quantitative estimate of drug-likeness (QED) is 0.288. The van der Waals surface area contributed by atoms with Gasteiger partial charge in [-0.15, -0.1) is 6.58 Å². The molecule has 62 heavy (non-hydrogen) atoms. The summed E-state index contributed by atoms with van der Waals surface area (Å²) in [6.07, 6.45) is 7.59. The molecule has 15 nitrogen and oxygen atoms in total. The molecule has 3 N–H and O–H groups in total. The van der Waals surface area contributed by atoms with E-state index < -0.39 is 73.6 Å². The average molecular weight is 877 g/mol. The van der Waals surface area contributed by atoms with Crippen molar-refractivity contribution in [1.82, 2.24) is 30.1 Å². The Labute approximate surface area is 365 Å². The molecule has 0 spiro atoms. The maximum atomic E-state index is 14.9. The predicted octanol–water partition coefficient (Wildman–Crippen LogP) is 5.01. The van der Waals surface area contributed by atoms with Gasteiger partial charge in [-0.25, -0.2) is 18.2 Å². The first-order valence-corrected chi connectivity index (χ1v) is 24.1. The molecular weight excluding hydrogens is 813 g/mol. The van der Waals surface area contributed by atoms with Crippen molar-refractivity contribution in [1.29, 1.82) is 0 Å². The number of para-hydroxylation sites is 1. The van der Waals surface area contributed by atoms with Crippen molar-refractivity contribution in [3.63, 3.8) is 0 Å². The molecule has 3 aliphatic heterocycles. The number of carbonyl (C=O) groups excluding carboxylic acids is 4. The minimum absolute atomic E-state index is 0.0275. The van der Waals surface area contributed by atoms with Crippen LogP contribution in [0.5, 0.6) is 11.6 Å². The van der Waals surface area contributed by atoms with E-state index in [0.29, 0.717) is 49.6 Å². The van der Waals surface area contributed by atoms with E-state index in [9.17, 15) is 27.6 Å². The molecule has 3 aliphatic carbocycles. The number of nitrogens with zero attached hydrogens (tertiary/aromatic N) is 3. The standard InChI is InChI=1S/C46H64N6O9S/c1-7-30-17-19-46(30,42(55)50-62(57,58)45(5)20-21-45)49-39(53)35-24-31-26-52(35)41(54)38(44(2,3)4)48-43(56)61-36-23-29(36)13-9-8-10-15-33-37(59-27-28-18-22-51(6)25-28)32-14-11-12-16-34(32)47-40(33)60-31/h7,11-12,14,16,28-31,35-36,38H,1,8-10,13,15,17-27H2,2-6H3,(H,48,56)(H,49,53)(H,50,55). The zero-order valence-electron chi connectivity index (χ0n) is 36.9. The summed E-state index contributed by atoms with van der Waals surface area (Å²) >= 11 is 0. The van der Waals surface area contributed by atoms with Gasteiger partial charge in [0.25, 0.3) is 5.91 Å². The molecule has 8 rings (SSSR count). The molecular formula is C46H64N6O9S. The van der Waals surface area contributed by atoms with Gasteiger partial charge in [-0.3, -0.25) is 19.1 Å². The van der Waals surface area contributed by atoms with Crippen LogP contribution >= 0.6 is 0 Å². The second kappa shape index (κ2) is 16.9. The number of pyridine rings is 1. The summed E-state index contributed by atoms with van der Waals surface area (Å²) in [6.45, 7) is 13.5. The SMILES string of the molecule is C=CC1CCC1(NC(=O)C1CC2CN1C(=O)C(C(C)(C)C)NC(=O)OC1CC1CCCCCc1c(nc3ccccc3c1OCC1CCN(C)C1)O2)C(=O)NS(=O)(=O)C1(C)CC1. The Bertz CT molecular complexity index is 2210. The summed E-state index contributed by atoms with van der Waals surface area (Å²) in [5, 5.41) is 6.67. The first-order valence-electron chi connectivity index (χ1n) is 22.6. The molecule has 1 aromatic carbocycles. The van der Waals surface area contributed by atoms with Crippen molar-refractivity contribution >= 4 is 44.7 Å². The lowest BCUT2D eigenvalue weighted by Crippen LogP contribution is -2.70. The number of fused-ring (bicyclic) bond motifs is 5. The van der Waals surface area contributed by atoms with Gasteiger partial charge in [0.2, 0.25) is 27.7 Å². The third kappa shape index (κ3) is 8.87. The number of nitrogens with one attached hydrogen (secondary N) is 3. The highest BCUT2D eigenvalue weighted by Gasteiger charge is 2.58. The van der Waals surface area contributed by atoms with Crippen LogP contribution in [0.25, 0.3) is 10.9 Å². The Kier molecular flexibility index (Phi) is 12.1. The molecule has 2 aromatic rings. The van der Waals surface area contributed by atoms with Gasteiger partial charge in [-0.05, 0) is 102 Å². The first-order chi connectivity index (χ1) is 29.4. The van der Waals surface area contributed by atoms with Crippen molar-refractivity contribution in [2.45, 2.75) is 139 Å². The number of aromatic nitrogens is 1. The van der Waals surface area contributed by atoms with Crippen LogP contribution in [-0.4, -0.2) is 115 Å². The van der Waals surface area contributed by atoms with E-state index in [1.165, 1.54) is 4.90 Å². The number of hydrogen-bond acceptors (Lipinski definition) is 11. The number of ether oxygens (including phenoxy) is 3. The lowest BCUT2D eigenvalue weighted by molar-refractivity contribution is -0.145. The Balaban J connectivity index is 1.15. The van der Waals surface area contributed by atoms with Crippen LogP contribution in [0.2, 0.25) is 0 Å². The van der Waals surface area contributed by atoms with Crippen molar-refractivity contribution in [2.24, 2.45) is 23.2 Å². The van der Waals surface area contributed by atoms with E-state index in [1.807, 2.05) is 45.0 Å². The van der Waals surface area contributed by atoms with Crippen molar-refractivity contribution < 1.29 is 41.8 Å². The summed E-state index contributed by atoms with van der Waals surface area (Å²) in [5.41, 5.74) is -0.856. The normalized spacial score (nSPS) is 31.4. The predicted molar refractivity (Wildman–Crippen MR) is 233 cm³/mol. The van der Waals surface area contributed by atoms with Crippen LogP contribution in [0, 0.1) is 23.2 Å². The number of rotatable bonds is 9. The smallest absolute Gasteiger partial charge is 0.408 e.